The van der Waals surface area contributed by atoms with Gasteiger partial charge in [-0.25, -0.2) is 4.98 Å². The van der Waals surface area contributed by atoms with Crippen LogP contribution in [0.15, 0.2) is 42.2 Å². The Labute approximate surface area is 143 Å². The summed E-state index contributed by atoms with van der Waals surface area (Å²) in [5.41, 5.74) is 5.38. The molecular formula is C18H17N3O2S. The second-order valence-electron chi connectivity index (χ2n) is 5.85. The normalized spacial score (nSPS) is 15.5. The number of ether oxygens (including phenoxy) is 1. The van der Waals surface area contributed by atoms with Gasteiger partial charge in [-0.05, 0) is 48.6 Å². The van der Waals surface area contributed by atoms with Crippen LogP contribution in [0.4, 0.5) is 5.69 Å². The number of amides is 1. The van der Waals surface area contributed by atoms with Crippen LogP contribution in [0, 0.1) is 0 Å². The number of hydrogen-bond donors (Lipinski definition) is 1. The predicted molar refractivity (Wildman–Crippen MR) is 94.6 cm³/mol. The van der Waals surface area contributed by atoms with Crippen molar-refractivity contribution in [1.29, 1.82) is 0 Å². The largest absolute Gasteiger partial charge is 0.381 e. The van der Waals surface area contributed by atoms with Crippen LogP contribution in [0.3, 0.4) is 0 Å². The molecule has 4 rings (SSSR count). The second kappa shape index (κ2) is 6.67. The number of pyridine rings is 1. The second-order valence-corrected chi connectivity index (χ2v) is 6.73. The van der Waals surface area contributed by atoms with E-state index in [0.29, 0.717) is 17.2 Å². The number of aromatic nitrogens is 2. The van der Waals surface area contributed by atoms with Crippen LogP contribution < -0.4 is 5.32 Å². The molecular weight excluding hydrogens is 322 g/mol. The van der Waals surface area contributed by atoms with Crippen molar-refractivity contribution < 1.29 is 9.53 Å². The molecule has 0 bridgehead atoms. The number of rotatable bonds is 3. The summed E-state index contributed by atoms with van der Waals surface area (Å²) in [5.74, 6) is 0.279. The van der Waals surface area contributed by atoms with Crippen molar-refractivity contribution in [2.24, 2.45) is 0 Å². The standard InChI is InChI=1S/C18H17N3O2S/c22-18(21-14-2-1-5-19-10-14)13-8-15(12-3-6-23-7-4-12)17-16(9-13)24-11-20-17/h1-2,5,8-12H,3-4,6-7H2,(H,21,22). The minimum absolute atomic E-state index is 0.119. The van der Waals surface area contributed by atoms with Crippen molar-refractivity contribution in [1.82, 2.24) is 9.97 Å². The number of benzene rings is 1. The highest BCUT2D eigenvalue weighted by atomic mass is 32.1. The molecule has 3 aromatic rings. The topological polar surface area (TPSA) is 64.1 Å². The summed E-state index contributed by atoms with van der Waals surface area (Å²) >= 11 is 1.57. The molecule has 1 saturated heterocycles. The van der Waals surface area contributed by atoms with Gasteiger partial charge in [-0.3, -0.25) is 9.78 Å². The van der Waals surface area contributed by atoms with E-state index in [0.717, 1.165) is 41.8 Å². The first-order chi connectivity index (χ1) is 11.8. The van der Waals surface area contributed by atoms with E-state index < -0.39 is 0 Å². The highest BCUT2D eigenvalue weighted by Gasteiger charge is 2.21. The molecule has 3 heterocycles. The van der Waals surface area contributed by atoms with Crippen LogP contribution in [0.1, 0.15) is 34.7 Å². The van der Waals surface area contributed by atoms with Crippen LogP contribution in [-0.2, 0) is 4.74 Å². The first-order valence-electron chi connectivity index (χ1n) is 7.97. The molecule has 0 aliphatic carbocycles. The van der Waals surface area contributed by atoms with Crippen molar-refractivity contribution in [2.45, 2.75) is 18.8 Å². The van der Waals surface area contributed by atoms with E-state index in [-0.39, 0.29) is 5.91 Å². The minimum Gasteiger partial charge on any atom is -0.381 e. The van der Waals surface area contributed by atoms with E-state index >= 15 is 0 Å². The Bertz CT molecular complexity index is 857. The van der Waals surface area contributed by atoms with Crippen molar-refractivity contribution in [3.05, 3.63) is 53.3 Å². The van der Waals surface area contributed by atoms with Gasteiger partial charge in [-0.2, -0.15) is 0 Å². The third kappa shape index (κ3) is 3.02. The molecule has 0 saturated carbocycles. The fraction of sp³-hybridized carbons (Fsp3) is 0.278. The average Bonchev–Trinajstić information content (AvgIpc) is 3.11. The molecule has 122 valence electrons. The molecule has 0 radical (unpaired) electrons. The van der Waals surface area contributed by atoms with Gasteiger partial charge >= 0.3 is 0 Å². The van der Waals surface area contributed by atoms with Crippen LogP contribution in [0.2, 0.25) is 0 Å². The Morgan fingerprint density at radius 1 is 1.29 bits per heavy atom. The van der Waals surface area contributed by atoms with Crippen LogP contribution in [0.25, 0.3) is 10.2 Å². The molecule has 0 spiro atoms. The molecule has 0 unspecified atom stereocenters. The highest BCUT2D eigenvalue weighted by Crippen LogP contribution is 2.34. The molecule has 5 nitrogen and oxygen atoms in total. The van der Waals surface area contributed by atoms with E-state index in [1.54, 1.807) is 29.8 Å². The maximum Gasteiger partial charge on any atom is 0.255 e. The fourth-order valence-electron chi connectivity index (χ4n) is 3.08. The van der Waals surface area contributed by atoms with Crippen molar-refractivity contribution in [3.63, 3.8) is 0 Å². The van der Waals surface area contributed by atoms with Crippen LogP contribution in [0.5, 0.6) is 0 Å². The summed E-state index contributed by atoms with van der Waals surface area (Å²) in [6, 6.07) is 7.54. The summed E-state index contributed by atoms with van der Waals surface area (Å²) in [6.07, 6.45) is 5.27. The molecule has 1 amide bonds. The van der Waals surface area contributed by atoms with Gasteiger partial charge in [0.05, 0.1) is 27.6 Å². The third-order valence-electron chi connectivity index (χ3n) is 4.31. The molecule has 1 fully saturated rings. The Balaban J connectivity index is 1.69. The summed E-state index contributed by atoms with van der Waals surface area (Å²) in [7, 11) is 0. The number of anilines is 1. The van der Waals surface area contributed by atoms with E-state index in [4.69, 9.17) is 4.74 Å². The summed E-state index contributed by atoms with van der Waals surface area (Å²) < 4.78 is 6.52. The Morgan fingerprint density at radius 2 is 2.17 bits per heavy atom. The maximum atomic E-state index is 12.6. The van der Waals surface area contributed by atoms with Crippen molar-refractivity contribution in [3.8, 4) is 0 Å². The van der Waals surface area contributed by atoms with Gasteiger partial charge < -0.3 is 10.1 Å². The lowest BCUT2D eigenvalue weighted by atomic mass is 9.89. The molecule has 1 aromatic carbocycles. The smallest absolute Gasteiger partial charge is 0.255 e. The van der Waals surface area contributed by atoms with E-state index in [1.807, 2.05) is 23.7 Å². The zero-order chi connectivity index (χ0) is 16.4. The Kier molecular flexibility index (Phi) is 4.23. The molecule has 1 N–H and O–H groups in total. The lowest BCUT2D eigenvalue weighted by Gasteiger charge is -2.23. The minimum atomic E-state index is -0.119. The van der Waals surface area contributed by atoms with E-state index in [9.17, 15) is 4.79 Å². The van der Waals surface area contributed by atoms with Crippen molar-refractivity contribution in [2.75, 3.05) is 18.5 Å². The molecule has 2 aromatic heterocycles. The van der Waals surface area contributed by atoms with Gasteiger partial charge in [0.2, 0.25) is 0 Å². The van der Waals surface area contributed by atoms with E-state index in [2.05, 4.69) is 15.3 Å². The zero-order valence-electron chi connectivity index (χ0n) is 13.1. The van der Waals surface area contributed by atoms with Gasteiger partial charge in [0.25, 0.3) is 5.91 Å². The van der Waals surface area contributed by atoms with Gasteiger partial charge in [0.1, 0.15) is 0 Å². The molecule has 1 aliphatic rings. The molecule has 6 heteroatoms. The Morgan fingerprint density at radius 3 is 2.96 bits per heavy atom. The average molecular weight is 339 g/mol. The van der Waals surface area contributed by atoms with Gasteiger partial charge in [-0.1, -0.05) is 0 Å². The lowest BCUT2D eigenvalue weighted by Crippen LogP contribution is -2.16. The fourth-order valence-corrected chi connectivity index (χ4v) is 3.83. The molecule has 0 atom stereocenters. The number of hydrogen-bond acceptors (Lipinski definition) is 5. The summed E-state index contributed by atoms with van der Waals surface area (Å²) in [6.45, 7) is 1.53. The monoisotopic (exact) mass is 339 g/mol. The van der Waals surface area contributed by atoms with Crippen molar-refractivity contribution >= 4 is 33.1 Å². The number of carbonyl (C=O) groups excluding carboxylic acids is 1. The first-order valence-corrected chi connectivity index (χ1v) is 8.85. The van der Waals surface area contributed by atoms with E-state index in [1.165, 1.54) is 0 Å². The Hall–Kier alpha value is -2.31. The van der Waals surface area contributed by atoms with Gasteiger partial charge in [0, 0.05) is 25.0 Å². The molecule has 24 heavy (non-hydrogen) atoms. The quantitative estimate of drug-likeness (QED) is 0.787. The number of nitrogens with zero attached hydrogens (tertiary/aromatic N) is 2. The van der Waals surface area contributed by atoms with Crippen LogP contribution >= 0.6 is 11.3 Å². The predicted octanol–water partition coefficient (Wildman–Crippen LogP) is 3.84. The lowest BCUT2D eigenvalue weighted by molar-refractivity contribution is 0.0855. The summed E-state index contributed by atoms with van der Waals surface area (Å²) in [5, 5.41) is 2.90. The van der Waals surface area contributed by atoms with Gasteiger partial charge in [-0.15, -0.1) is 11.3 Å². The first kappa shape index (κ1) is 15.2. The van der Waals surface area contributed by atoms with Crippen LogP contribution in [-0.4, -0.2) is 29.1 Å². The number of nitrogens with one attached hydrogen (secondary N) is 1. The number of fused-ring (bicyclic) bond motifs is 1. The van der Waals surface area contributed by atoms with Gasteiger partial charge in [0.15, 0.2) is 0 Å². The summed E-state index contributed by atoms with van der Waals surface area (Å²) in [4.78, 5) is 21.2. The highest BCUT2D eigenvalue weighted by molar-refractivity contribution is 7.16. The zero-order valence-corrected chi connectivity index (χ0v) is 13.9. The SMILES string of the molecule is O=C(Nc1cccnc1)c1cc(C2CCOCC2)c2ncsc2c1. The molecule has 1 aliphatic heterocycles. The number of thiazole rings is 1. The number of carbonyl (C=O) groups is 1. The maximum absolute atomic E-state index is 12.6. The third-order valence-corrected chi connectivity index (χ3v) is 5.08.